The second-order valence-electron chi connectivity index (χ2n) is 4.61. The molecule has 3 aromatic carbocycles. The summed E-state index contributed by atoms with van der Waals surface area (Å²) in [5.41, 5.74) is 0. The van der Waals surface area contributed by atoms with Gasteiger partial charge in [-0.3, -0.25) is 4.57 Å². The second-order valence-corrected chi connectivity index (χ2v) is 6.35. The van der Waals surface area contributed by atoms with Gasteiger partial charge in [-0.25, -0.2) is 0 Å². The summed E-state index contributed by atoms with van der Waals surface area (Å²) < 4.78 is 17.7. The van der Waals surface area contributed by atoms with Crippen molar-refractivity contribution in [3.8, 4) is 0 Å². The van der Waals surface area contributed by atoms with Crippen molar-refractivity contribution in [3.05, 3.63) is 54.6 Å². The summed E-state index contributed by atoms with van der Waals surface area (Å²) in [4.78, 5) is 10.3. The Bertz CT molecular complexity index is 772. The molecule has 0 fully saturated rings. The first-order chi connectivity index (χ1) is 9.63. The zero-order valence-electron chi connectivity index (χ0n) is 11.1. The molecule has 0 bridgehead atoms. The lowest BCUT2D eigenvalue weighted by molar-refractivity contribution is 0.284. The highest BCUT2D eigenvalue weighted by Gasteiger charge is 2.27. The van der Waals surface area contributed by atoms with Crippen LogP contribution in [0.5, 0.6) is 0 Å². The maximum Gasteiger partial charge on any atom is 0.360 e. The summed E-state index contributed by atoms with van der Waals surface area (Å²) in [5.74, 6) is 0. The monoisotopic (exact) mass is 286 g/mol. The molecule has 0 saturated carbocycles. The lowest BCUT2D eigenvalue weighted by Crippen LogP contribution is -2.10. The molecule has 3 rings (SSSR count). The average Bonchev–Trinajstić information content (AvgIpc) is 2.44. The number of hydrogen-bond acceptors (Lipinski definition) is 2. The Kier molecular flexibility index (Phi) is 3.35. The molecule has 0 aliphatic heterocycles. The summed E-state index contributed by atoms with van der Waals surface area (Å²) in [5, 5.41) is 3.81. The minimum Gasteiger partial charge on any atom is -0.321 e. The van der Waals surface area contributed by atoms with Gasteiger partial charge in [0.05, 0.1) is 11.9 Å². The van der Waals surface area contributed by atoms with Gasteiger partial charge < -0.3 is 9.42 Å². The van der Waals surface area contributed by atoms with Crippen LogP contribution >= 0.6 is 7.60 Å². The van der Waals surface area contributed by atoms with Crippen LogP contribution in [-0.4, -0.2) is 11.5 Å². The first-order valence-corrected chi connectivity index (χ1v) is 8.09. The summed E-state index contributed by atoms with van der Waals surface area (Å²) in [7, 11) is -3.84. The molecule has 3 aromatic rings. The van der Waals surface area contributed by atoms with Crippen molar-refractivity contribution < 1.29 is 14.0 Å². The highest BCUT2D eigenvalue weighted by atomic mass is 31.2. The predicted octanol–water partition coefficient (Wildman–Crippen LogP) is 3.84. The summed E-state index contributed by atoms with van der Waals surface area (Å²) in [6, 6.07) is 17.2. The normalized spacial score (nSPS) is 14.5. The summed E-state index contributed by atoms with van der Waals surface area (Å²) in [6.07, 6.45) is 0. The Morgan fingerprint density at radius 1 is 1.00 bits per heavy atom. The zero-order valence-corrected chi connectivity index (χ0v) is 12.0. The molecule has 102 valence electrons. The molecule has 0 aliphatic carbocycles. The van der Waals surface area contributed by atoms with E-state index >= 15 is 0 Å². The van der Waals surface area contributed by atoms with E-state index < -0.39 is 7.60 Å². The zero-order chi connectivity index (χ0) is 14.2. The molecular weight excluding hydrogens is 271 g/mol. The van der Waals surface area contributed by atoms with E-state index in [1.54, 1.807) is 6.92 Å². The van der Waals surface area contributed by atoms with E-state index in [2.05, 4.69) is 0 Å². The molecule has 0 radical (unpaired) electrons. The van der Waals surface area contributed by atoms with E-state index in [9.17, 15) is 9.46 Å². The van der Waals surface area contributed by atoms with Crippen LogP contribution in [0.1, 0.15) is 6.92 Å². The Labute approximate surface area is 117 Å². The van der Waals surface area contributed by atoms with Crippen LogP contribution in [0.2, 0.25) is 0 Å². The van der Waals surface area contributed by atoms with E-state index in [-0.39, 0.29) is 6.61 Å². The third kappa shape index (κ3) is 2.14. The number of hydrogen-bond donors (Lipinski definition) is 1. The smallest absolute Gasteiger partial charge is 0.321 e. The average molecular weight is 286 g/mol. The molecule has 0 amide bonds. The van der Waals surface area contributed by atoms with Gasteiger partial charge in [-0.2, -0.15) is 0 Å². The van der Waals surface area contributed by atoms with Crippen LogP contribution in [0.15, 0.2) is 54.6 Å². The molecule has 4 heteroatoms. The Morgan fingerprint density at radius 2 is 1.50 bits per heavy atom. The van der Waals surface area contributed by atoms with Crippen molar-refractivity contribution in [2.75, 3.05) is 6.61 Å². The van der Waals surface area contributed by atoms with Gasteiger partial charge in [-0.1, -0.05) is 48.5 Å². The van der Waals surface area contributed by atoms with Crippen LogP contribution in [0.4, 0.5) is 0 Å². The molecule has 1 unspecified atom stereocenters. The first kappa shape index (κ1) is 13.3. The molecule has 0 aliphatic rings. The second kappa shape index (κ2) is 5.02. The van der Waals surface area contributed by atoms with E-state index in [0.29, 0.717) is 5.30 Å². The van der Waals surface area contributed by atoms with Gasteiger partial charge >= 0.3 is 7.60 Å². The lowest BCUT2D eigenvalue weighted by Gasteiger charge is -2.16. The van der Waals surface area contributed by atoms with Gasteiger partial charge in [0.1, 0.15) is 0 Å². The van der Waals surface area contributed by atoms with Crippen molar-refractivity contribution in [2.24, 2.45) is 0 Å². The van der Waals surface area contributed by atoms with Gasteiger partial charge in [0.15, 0.2) is 0 Å². The Balaban J connectivity index is 2.49. The third-order valence-electron chi connectivity index (χ3n) is 3.33. The molecule has 20 heavy (non-hydrogen) atoms. The van der Waals surface area contributed by atoms with E-state index in [4.69, 9.17) is 4.52 Å². The molecule has 0 aromatic heterocycles. The summed E-state index contributed by atoms with van der Waals surface area (Å²) in [6.45, 7) is 1.92. The topological polar surface area (TPSA) is 46.5 Å². The van der Waals surface area contributed by atoms with Gasteiger partial charge in [0.2, 0.25) is 0 Å². The van der Waals surface area contributed by atoms with Crippen molar-refractivity contribution >= 4 is 34.4 Å². The van der Waals surface area contributed by atoms with Crippen molar-refractivity contribution in [3.63, 3.8) is 0 Å². The molecule has 3 nitrogen and oxygen atoms in total. The Morgan fingerprint density at radius 3 is 2.00 bits per heavy atom. The van der Waals surface area contributed by atoms with Crippen molar-refractivity contribution in [2.45, 2.75) is 6.92 Å². The van der Waals surface area contributed by atoms with Crippen LogP contribution in [0, 0.1) is 0 Å². The highest BCUT2D eigenvalue weighted by Crippen LogP contribution is 2.45. The minimum atomic E-state index is -3.84. The van der Waals surface area contributed by atoms with E-state index in [0.717, 1.165) is 21.5 Å². The quantitative estimate of drug-likeness (QED) is 0.588. The third-order valence-corrected chi connectivity index (χ3v) is 4.98. The van der Waals surface area contributed by atoms with Crippen LogP contribution in [-0.2, 0) is 9.09 Å². The SMILES string of the molecule is CCOP(=O)(O)c1c2ccccc2cc2ccccc12. The fourth-order valence-corrected chi connectivity index (χ4v) is 4.03. The number of rotatable bonds is 3. The fraction of sp³-hybridized carbons (Fsp3) is 0.125. The number of fused-ring (bicyclic) bond motifs is 2. The molecular formula is C16H15O3P. The molecule has 1 atom stereocenters. The first-order valence-electron chi connectivity index (χ1n) is 6.52. The van der Waals surface area contributed by atoms with Gasteiger partial charge in [0, 0.05) is 0 Å². The maximum absolute atomic E-state index is 12.6. The van der Waals surface area contributed by atoms with E-state index in [1.807, 2.05) is 54.6 Å². The van der Waals surface area contributed by atoms with Gasteiger partial charge in [-0.15, -0.1) is 0 Å². The van der Waals surface area contributed by atoms with Crippen LogP contribution in [0.3, 0.4) is 0 Å². The fourth-order valence-electron chi connectivity index (χ4n) is 2.53. The lowest BCUT2D eigenvalue weighted by atomic mass is 10.0. The molecule has 0 heterocycles. The van der Waals surface area contributed by atoms with Crippen LogP contribution in [0.25, 0.3) is 21.5 Å². The van der Waals surface area contributed by atoms with Crippen molar-refractivity contribution in [1.29, 1.82) is 0 Å². The largest absolute Gasteiger partial charge is 0.360 e. The standard InChI is InChI=1S/C16H15O3P/c1-2-19-20(17,18)16-14-9-5-3-7-12(14)11-13-8-4-6-10-15(13)16/h3-11H,2H2,1H3,(H,17,18). The Hall–Kier alpha value is -1.67. The highest BCUT2D eigenvalue weighted by molar-refractivity contribution is 7.62. The van der Waals surface area contributed by atoms with Gasteiger partial charge in [0.25, 0.3) is 0 Å². The molecule has 1 N–H and O–H groups in total. The minimum absolute atomic E-state index is 0.200. The predicted molar refractivity (Wildman–Crippen MR) is 82.5 cm³/mol. The summed E-state index contributed by atoms with van der Waals surface area (Å²) >= 11 is 0. The van der Waals surface area contributed by atoms with Crippen LogP contribution < -0.4 is 5.30 Å². The molecule has 0 spiro atoms. The molecule has 0 saturated heterocycles. The maximum atomic E-state index is 12.6. The van der Waals surface area contributed by atoms with Gasteiger partial charge in [-0.05, 0) is 34.5 Å². The van der Waals surface area contributed by atoms with Crippen molar-refractivity contribution in [1.82, 2.24) is 0 Å². The number of benzene rings is 3. The van der Waals surface area contributed by atoms with E-state index in [1.165, 1.54) is 0 Å².